The van der Waals surface area contributed by atoms with E-state index in [0.29, 0.717) is 16.6 Å². The van der Waals surface area contributed by atoms with E-state index >= 15 is 0 Å². The van der Waals surface area contributed by atoms with Gasteiger partial charge in [0.15, 0.2) is 0 Å². The van der Waals surface area contributed by atoms with Crippen LogP contribution in [0.4, 0.5) is 0 Å². The Bertz CT molecular complexity index is 654. The zero-order valence-electron chi connectivity index (χ0n) is 11.3. The molecule has 1 heterocycles. The standard InChI is InChI=1S/C14H16N4O2/c1-18(11-5-3-10(15)4-6-11)14(19)9-2-7-12-13(8-9)17-20-16-12/h2,7-8,11,15H,3-6H2,1H3. The summed E-state index contributed by atoms with van der Waals surface area (Å²) in [6.45, 7) is 0. The Morgan fingerprint density at radius 3 is 2.75 bits per heavy atom. The average molecular weight is 272 g/mol. The van der Waals surface area contributed by atoms with Gasteiger partial charge in [-0.3, -0.25) is 4.79 Å². The van der Waals surface area contributed by atoms with E-state index in [1.807, 2.05) is 7.05 Å². The molecule has 1 amide bonds. The highest BCUT2D eigenvalue weighted by atomic mass is 16.6. The lowest BCUT2D eigenvalue weighted by atomic mass is 9.92. The normalized spacial score (nSPS) is 19.2. The van der Waals surface area contributed by atoms with Crippen molar-refractivity contribution in [1.29, 1.82) is 5.41 Å². The Hall–Kier alpha value is -2.24. The highest BCUT2D eigenvalue weighted by Gasteiger charge is 2.25. The molecule has 2 aromatic rings. The van der Waals surface area contributed by atoms with E-state index in [1.165, 1.54) is 0 Å². The van der Waals surface area contributed by atoms with E-state index < -0.39 is 0 Å². The molecule has 0 unspecified atom stereocenters. The zero-order valence-corrected chi connectivity index (χ0v) is 11.3. The van der Waals surface area contributed by atoms with Crippen LogP contribution >= 0.6 is 0 Å². The summed E-state index contributed by atoms with van der Waals surface area (Å²) < 4.78 is 4.64. The maximum Gasteiger partial charge on any atom is 0.253 e. The predicted molar refractivity (Wildman–Crippen MR) is 73.9 cm³/mol. The Morgan fingerprint density at radius 1 is 1.30 bits per heavy atom. The van der Waals surface area contributed by atoms with Crippen LogP contribution in [0.15, 0.2) is 22.8 Å². The Morgan fingerprint density at radius 2 is 2.00 bits per heavy atom. The van der Waals surface area contributed by atoms with Gasteiger partial charge in [-0.25, -0.2) is 4.63 Å². The maximum absolute atomic E-state index is 12.5. The Balaban J connectivity index is 1.78. The maximum atomic E-state index is 12.5. The molecular formula is C14H16N4O2. The van der Waals surface area contributed by atoms with Gasteiger partial charge in [0.2, 0.25) is 0 Å². The third kappa shape index (κ3) is 2.29. The van der Waals surface area contributed by atoms with E-state index in [-0.39, 0.29) is 11.9 Å². The van der Waals surface area contributed by atoms with Crippen molar-refractivity contribution in [2.45, 2.75) is 31.7 Å². The summed E-state index contributed by atoms with van der Waals surface area (Å²) in [5, 5.41) is 15.1. The van der Waals surface area contributed by atoms with Crippen molar-refractivity contribution in [3.05, 3.63) is 23.8 Å². The minimum absolute atomic E-state index is 0.0201. The first kappa shape index (κ1) is 12.8. The molecule has 0 atom stereocenters. The minimum Gasteiger partial charge on any atom is -0.339 e. The topological polar surface area (TPSA) is 83.1 Å². The summed E-state index contributed by atoms with van der Waals surface area (Å²) in [5.74, 6) is -0.0201. The van der Waals surface area contributed by atoms with Crippen LogP contribution in [0, 0.1) is 5.41 Å². The van der Waals surface area contributed by atoms with Gasteiger partial charge in [-0.2, -0.15) is 0 Å². The number of hydrogen-bond donors (Lipinski definition) is 1. The zero-order chi connectivity index (χ0) is 14.1. The smallest absolute Gasteiger partial charge is 0.253 e. The molecule has 0 spiro atoms. The summed E-state index contributed by atoms with van der Waals surface area (Å²) in [4.78, 5) is 14.3. The van der Waals surface area contributed by atoms with Gasteiger partial charge in [-0.1, -0.05) is 0 Å². The van der Waals surface area contributed by atoms with E-state index in [2.05, 4.69) is 14.9 Å². The Labute approximate surface area is 116 Å². The number of aromatic nitrogens is 2. The molecule has 1 aromatic heterocycles. The number of rotatable bonds is 2. The molecule has 1 fully saturated rings. The second-order valence-corrected chi connectivity index (χ2v) is 5.22. The van der Waals surface area contributed by atoms with Crippen LogP contribution in [-0.4, -0.2) is 39.9 Å². The minimum atomic E-state index is -0.0201. The van der Waals surface area contributed by atoms with Crippen LogP contribution in [0.1, 0.15) is 36.0 Å². The number of fused-ring (bicyclic) bond motifs is 1. The highest BCUT2D eigenvalue weighted by molar-refractivity contribution is 5.97. The fourth-order valence-corrected chi connectivity index (χ4v) is 2.62. The molecule has 1 aromatic carbocycles. The molecule has 0 bridgehead atoms. The fourth-order valence-electron chi connectivity index (χ4n) is 2.62. The predicted octanol–water partition coefficient (Wildman–Crippen LogP) is 2.26. The molecule has 0 radical (unpaired) electrons. The van der Waals surface area contributed by atoms with E-state index in [9.17, 15) is 4.79 Å². The second-order valence-electron chi connectivity index (χ2n) is 5.22. The average Bonchev–Trinajstić information content (AvgIpc) is 2.94. The second kappa shape index (κ2) is 5.03. The van der Waals surface area contributed by atoms with Crippen molar-refractivity contribution >= 4 is 22.7 Å². The lowest BCUT2D eigenvalue weighted by Crippen LogP contribution is -2.39. The highest BCUT2D eigenvalue weighted by Crippen LogP contribution is 2.22. The Kier molecular flexibility index (Phi) is 3.22. The largest absolute Gasteiger partial charge is 0.339 e. The first-order valence-corrected chi connectivity index (χ1v) is 6.71. The van der Waals surface area contributed by atoms with Crippen molar-refractivity contribution in [2.75, 3.05) is 7.05 Å². The number of carbonyl (C=O) groups excluding carboxylic acids is 1. The van der Waals surface area contributed by atoms with Gasteiger partial charge < -0.3 is 10.3 Å². The van der Waals surface area contributed by atoms with Crippen molar-refractivity contribution in [3.63, 3.8) is 0 Å². The SMILES string of the molecule is CN(C(=O)c1ccc2nonc2c1)C1CCC(=N)CC1. The first-order valence-electron chi connectivity index (χ1n) is 6.71. The van der Waals surface area contributed by atoms with Gasteiger partial charge in [0.05, 0.1) is 0 Å². The van der Waals surface area contributed by atoms with Crippen molar-refractivity contribution in [1.82, 2.24) is 15.2 Å². The van der Waals surface area contributed by atoms with Crippen LogP contribution < -0.4 is 0 Å². The first-order chi connectivity index (χ1) is 9.65. The molecule has 0 aliphatic heterocycles. The van der Waals surface area contributed by atoms with Gasteiger partial charge in [0.1, 0.15) is 11.0 Å². The van der Waals surface area contributed by atoms with Crippen LogP contribution in [-0.2, 0) is 0 Å². The molecule has 6 nitrogen and oxygen atoms in total. The molecule has 1 saturated carbocycles. The molecule has 1 N–H and O–H groups in total. The van der Waals surface area contributed by atoms with Crippen LogP contribution in [0.5, 0.6) is 0 Å². The molecule has 3 rings (SSSR count). The van der Waals surface area contributed by atoms with Gasteiger partial charge in [0.25, 0.3) is 5.91 Å². The van der Waals surface area contributed by atoms with E-state index in [0.717, 1.165) is 31.4 Å². The summed E-state index contributed by atoms with van der Waals surface area (Å²) in [6.07, 6.45) is 3.31. The number of nitrogens with one attached hydrogen (secondary N) is 1. The van der Waals surface area contributed by atoms with Crippen LogP contribution in [0.25, 0.3) is 11.0 Å². The summed E-state index contributed by atoms with van der Waals surface area (Å²) in [5.41, 5.74) is 2.62. The third-order valence-corrected chi connectivity index (χ3v) is 3.93. The molecule has 6 heteroatoms. The molecule has 104 valence electrons. The lowest BCUT2D eigenvalue weighted by Gasteiger charge is -2.31. The van der Waals surface area contributed by atoms with Crippen LogP contribution in [0.2, 0.25) is 0 Å². The number of carbonyl (C=O) groups is 1. The molecule has 1 aliphatic rings. The third-order valence-electron chi connectivity index (χ3n) is 3.93. The number of benzene rings is 1. The van der Waals surface area contributed by atoms with Gasteiger partial charge >= 0.3 is 0 Å². The lowest BCUT2D eigenvalue weighted by molar-refractivity contribution is 0.0713. The van der Waals surface area contributed by atoms with Gasteiger partial charge in [-0.15, -0.1) is 0 Å². The van der Waals surface area contributed by atoms with E-state index in [1.54, 1.807) is 23.1 Å². The fraction of sp³-hybridized carbons (Fsp3) is 0.429. The summed E-state index contributed by atoms with van der Waals surface area (Å²) >= 11 is 0. The number of nitrogens with zero attached hydrogens (tertiary/aromatic N) is 3. The van der Waals surface area contributed by atoms with Gasteiger partial charge in [-0.05, 0) is 54.2 Å². The van der Waals surface area contributed by atoms with Crippen molar-refractivity contribution in [3.8, 4) is 0 Å². The quantitative estimate of drug-likeness (QED) is 0.908. The number of hydrogen-bond acceptors (Lipinski definition) is 5. The van der Waals surface area contributed by atoms with Crippen molar-refractivity contribution < 1.29 is 9.42 Å². The van der Waals surface area contributed by atoms with E-state index in [4.69, 9.17) is 5.41 Å². The molecule has 0 saturated heterocycles. The molecule has 1 aliphatic carbocycles. The summed E-state index contributed by atoms with van der Waals surface area (Å²) in [7, 11) is 1.83. The monoisotopic (exact) mass is 272 g/mol. The number of amides is 1. The molecule has 20 heavy (non-hydrogen) atoms. The van der Waals surface area contributed by atoms with Crippen molar-refractivity contribution in [2.24, 2.45) is 0 Å². The van der Waals surface area contributed by atoms with Gasteiger partial charge in [0, 0.05) is 24.4 Å². The molecular weight excluding hydrogens is 256 g/mol. The van der Waals surface area contributed by atoms with Crippen LogP contribution in [0.3, 0.4) is 0 Å². The summed E-state index contributed by atoms with van der Waals surface area (Å²) in [6, 6.07) is 5.40.